The Bertz CT molecular complexity index is 581. The minimum Gasteiger partial charge on any atom is -0.457 e. The molecule has 120 valence electrons. The molecule has 0 spiro atoms. The monoisotopic (exact) mass is 312 g/mol. The maximum atomic E-state index is 12.8. The van der Waals surface area contributed by atoms with Crippen LogP contribution < -0.4 is 0 Å². The molecule has 3 rings (SSSR count). The smallest absolute Gasteiger partial charge is 0.318 e. The van der Waals surface area contributed by atoms with Crippen LogP contribution in [0.4, 0.5) is 0 Å². The molecule has 0 aromatic heterocycles. The summed E-state index contributed by atoms with van der Waals surface area (Å²) in [5, 5.41) is 0. The molecule has 1 fully saturated rings. The maximum absolute atomic E-state index is 12.8. The standard InChI is InChI=1S/C19H20O4/c1-14(19-21-12-13-22-19)23-18(20)17(15-8-4-2-5-9-15)16-10-6-3-7-11-16/h2-11,14,17,19H,12-13H2,1H3/t14-/m1/s1. The second-order valence-electron chi connectivity index (χ2n) is 5.51. The van der Waals surface area contributed by atoms with E-state index in [-0.39, 0.29) is 5.97 Å². The predicted molar refractivity (Wildman–Crippen MR) is 86.0 cm³/mol. The van der Waals surface area contributed by atoms with E-state index in [0.717, 1.165) is 11.1 Å². The lowest BCUT2D eigenvalue weighted by atomic mass is 9.91. The highest BCUT2D eigenvalue weighted by Crippen LogP contribution is 2.27. The Balaban J connectivity index is 1.82. The number of hydrogen-bond acceptors (Lipinski definition) is 4. The summed E-state index contributed by atoms with van der Waals surface area (Å²) in [5.74, 6) is -0.754. The van der Waals surface area contributed by atoms with Gasteiger partial charge in [0.25, 0.3) is 0 Å². The van der Waals surface area contributed by atoms with E-state index in [1.807, 2.05) is 60.7 Å². The largest absolute Gasteiger partial charge is 0.457 e. The Morgan fingerprint density at radius 2 is 1.43 bits per heavy atom. The molecule has 0 radical (unpaired) electrons. The van der Waals surface area contributed by atoms with Gasteiger partial charge in [-0.3, -0.25) is 4.79 Å². The topological polar surface area (TPSA) is 44.8 Å². The maximum Gasteiger partial charge on any atom is 0.318 e. The van der Waals surface area contributed by atoms with Gasteiger partial charge in [-0.1, -0.05) is 60.7 Å². The van der Waals surface area contributed by atoms with Gasteiger partial charge in [0, 0.05) is 0 Å². The van der Waals surface area contributed by atoms with E-state index in [2.05, 4.69) is 0 Å². The number of carbonyl (C=O) groups is 1. The second kappa shape index (κ2) is 7.40. The lowest BCUT2D eigenvalue weighted by Gasteiger charge is -2.22. The molecule has 2 aromatic rings. The van der Waals surface area contributed by atoms with Crippen LogP contribution in [0.5, 0.6) is 0 Å². The average Bonchev–Trinajstić information content (AvgIpc) is 3.12. The molecule has 4 heteroatoms. The molecule has 4 nitrogen and oxygen atoms in total. The van der Waals surface area contributed by atoms with Gasteiger partial charge in [-0.15, -0.1) is 0 Å². The van der Waals surface area contributed by atoms with Crippen molar-refractivity contribution < 1.29 is 19.0 Å². The first kappa shape index (κ1) is 15.7. The fourth-order valence-electron chi connectivity index (χ4n) is 2.71. The van der Waals surface area contributed by atoms with Crippen LogP contribution in [-0.4, -0.2) is 31.6 Å². The molecule has 0 bridgehead atoms. The quantitative estimate of drug-likeness (QED) is 0.796. The molecular formula is C19H20O4. The minimum atomic E-state index is -0.480. The second-order valence-corrected chi connectivity index (χ2v) is 5.51. The number of esters is 1. The van der Waals surface area contributed by atoms with Gasteiger partial charge in [-0.25, -0.2) is 0 Å². The van der Waals surface area contributed by atoms with E-state index in [9.17, 15) is 4.79 Å². The molecule has 0 N–H and O–H groups in total. The normalized spacial score (nSPS) is 16.4. The molecule has 0 amide bonds. The lowest BCUT2D eigenvalue weighted by molar-refractivity contribution is -0.171. The number of rotatable bonds is 5. The highest BCUT2D eigenvalue weighted by atomic mass is 16.7. The zero-order chi connectivity index (χ0) is 16.1. The molecule has 1 saturated heterocycles. The van der Waals surface area contributed by atoms with Crippen LogP contribution >= 0.6 is 0 Å². The van der Waals surface area contributed by atoms with Gasteiger partial charge >= 0.3 is 5.97 Å². The van der Waals surface area contributed by atoms with E-state index < -0.39 is 18.3 Å². The van der Waals surface area contributed by atoms with Gasteiger partial charge in [-0.2, -0.15) is 0 Å². The molecule has 1 aliphatic heterocycles. The highest BCUT2D eigenvalue weighted by Gasteiger charge is 2.30. The fourth-order valence-corrected chi connectivity index (χ4v) is 2.71. The van der Waals surface area contributed by atoms with Crippen molar-refractivity contribution in [2.45, 2.75) is 25.2 Å². The molecule has 1 atom stereocenters. The summed E-state index contributed by atoms with van der Waals surface area (Å²) in [6.07, 6.45) is -0.925. The van der Waals surface area contributed by atoms with E-state index in [4.69, 9.17) is 14.2 Å². The van der Waals surface area contributed by atoms with Gasteiger partial charge in [0.1, 0.15) is 12.0 Å². The van der Waals surface area contributed by atoms with Crippen molar-refractivity contribution >= 4 is 5.97 Å². The molecule has 0 unspecified atom stereocenters. The average molecular weight is 312 g/mol. The summed E-state index contributed by atoms with van der Waals surface area (Å²) < 4.78 is 16.4. The van der Waals surface area contributed by atoms with Crippen LogP contribution in [0.1, 0.15) is 24.0 Å². The summed E-state index contributed by atoms with van der Waals surface area (Å²) in [7, 11) is 0. The molecule has 0 saturated carbocycles. The summed E-state index contributed by atoms with van der Waals surface area (Å²) in [5.41, 5.74) is 1.81. The van der Waals surface area contributed by atoms with Crippen molar-refractivity contribution in [2.75, 3.05) is 13.2 Å². The van der Waals surface area contributed by atoms with Gasteiger partial charge < -0.3 is 14.2 Å². The molecule has 2 aromatic carbocycles. The molecule has 1 aliphatic rings. The summed E-state index contributed by atoms with van der Waals surface area (Å²) >= 11 is 0. The predicted octanol–water partition coefficient (Wildman–Crippen LogP) is 3.12. The summed E-state index contributed by atoms with van der Waals surface area (Å²) in [6.45, 7) is 2.86. The first-order valence-electron chi connectivity index (χ1n) is 7.79. The number of carbonyl (C=O) groups excluding carboxylic acids is 1. The van der Waals surface area contributed by atoms with E-state index >= 15 is 0 Å². The summed E-state index contributed by atoms with van der Waals surface area (Å²) in [6, 6.07) is 19.3. The minimum absolute atomic E-state index is 0.297. The number of hydrogen-bond donors (Lipinski definition) is 0. The van der Waals surface area contributed by atoms with Crippen molar-refractivity contribution in [2.24, 2.45) is 0 Å². The number of ether oxygens (including phenoxy) is 3. The third kappa shape index (κ3) is 3.78. The Morgan fingerprint density at radius 1 is 0.957 bits per heavy atom. The van der Waals surface area contributed by atoms with Crippen LogP contribution in [0.25, 0.3) is 0 Å². The van der Waals surface area contributed by atoms with Crippen molar-refractivity contribution in [1.82, 2.24) is 0 Å². The zero-order valence-electron chi connectivity index (χ0n) is 13.1. The van der Waals surface area contributed by atoms with E-state index in [0.29, 0.717) is 13.2 Å². The van der Waals surface area contributed by atoms with Gasteiger partial charge in [0.15, 0.2) is 6.29 Å². The Hall–Kier alpha value is -2.17. The van der Waals surface area contributed by atoms with Crippen molar-refractivity contribution in [1.29, 1.82) is 0 Å². The van der Waals surface area contributed by atoms with Crippen molar-refractivity contribution in [3.63, 3.8) is 0 Å². The van der Waals surface area contributed by atoms with E-state index in [1.54, 1.807) is 6.92 Å². The van der Waals surface area contributed by atoms with Gasteiger partial charge in [0.2, 0.25) is 0 Å². The SMILES string of the molecule is C[C@@H](OC(=O)C(c1ccccc1)c1ccccc1)C1OCCO1. The van der Waals surface area contributed by atoms with Crippen molar-refractivity contribution in [3.05, 3.63) is 71.8 Å². The number of benzene rings is 2. The summed E-state index contributed by atoms with van der Waals surface area (Å²) in [4.78, 5) is 12.8. The first-order chi connectivity index (χ1) is 11.3. The van der Waals surface area contributed by atoms with Gasteiger partial charge in [-0.05, 0) is 18.1 Å². The highest BCUT2D eigenvalue weighted by molar-refractivity contribution is 5.82. The van der Waals surface area contributed by atoms with Gasteiger partial charge in [0.05, 0.1) is 13.2 Å². The van der Waals surface area contributed by atoms with Crippen LogP contribution in [0.15, 0.2) is 60.7 Å². The third-order valence-electron chi connectivity index (χ3n) is 3.83. The van der Waals surface area contributed by atoms with E-state index in [1.165, 1.54) is 0 Å². The first-order valence-corrected chi connectivity index (χ1v) is 7.79. The molecule has 1 heterocycles. The molecule has 0 aliphatic carbocycles. The van der Waals surface area contributed by atoms with Crippen LogP contribution in [0, 0.1) is 0 Å². The third-order valence-corrected chi connectivity index (χ3v) is 3.83. The van der Waals surface area contributed by atoms with Crippen LogP contribution in [0.3, 0.4) is 0 Å². The van der Waals surface area contributed by atoms with Crippen LogP contribution in [0.2, 0.25) is 0 Å². The van der Waals surface area contributed by atoms with Crippen LogP contribution in [-0.2, 0) is 19.0 Å². The Morgan fingerprint density at radius 3 is 1.91 bits per heavy atom. The Kier molecular flexibility index (Phi) is 5.05. The van der Waals surface area contributed by atoms with Crippen molar-refractivity contribution in [3.8, 4) is 0 Å². The lowest BCUT2D eigenvalue weighted by Crippen LogP contribution is -2.31. The fraction of sp³-hybridized carbons (Fsp3) is 0.316. The Labute approximate surface area is 136 Å². The molecule has 23 heavy (non-hydrogen) atoms. The zero-order valence-corrected chi connectivity index (χ0v) is 13.1. The molecular weight excluding hydrogens is 292 g/mol.